The van der Waals surface area contributed by atoms with E-state index >= 15 is 0 Å². The first kappa shape index (κ1) is 20.9. The number of sulfonamides is 1. The molecule has 162 valence electrons. The van der Waals surface area contributed by atoms with Crippen molar-refractivity contribution in [2.45, 2.75) is 4.90 Å². The predicted molar refractivity (Wildman–Crippen MR) is 110 cm³/mol. The molecule has 1 aliphatic rings. The Morgan fingerprint density at radius 1 is 1.06 bits per heavy atom. The number of tetrazole rings is 1. The van der Waals surface area contributed by atoms with Crippen molar-refractivity contribution in [2.24, 2.45) is 7.05 Å². The van der Waals surface area contributed by atoms with Crippen molar-refractivity contribution in [3.05, 3.63) is 54.3 Å². The number of rotatable bonds is 4. The summed E-state index contributed by atoms with van der Waals surface area (Å²) < 4.78 is 41.6. The van der Waals surface area contributed by atoms with Crippen LogP contribution in [0.5, 0.6) is 0 Å². The third kappa shape index (κ3) is 4.39. The van der Waals surface area contributed by atoms with E-state index in [9.17, 15) is 17.6 Å². The Morgan fingerprint density at radius 3 is 2.48 bits per heavy atom. The van der Waals surface area contributed by atoms with Crippen molar-refractivity contribution in [3.63, 3.8) is 0 Å². The number of urea groups is 1. The minimum Gasteiger partial charge on any atom is -0.322 e. The molecule has 1 saturated heterocycles. The summed E-state index contributed by atoms with van der Waals surface area (Å²) in [4.78, 5) is 14.1. The molecule has 1 aliphatic heterocycles. The van der Waals surface area contributed by atoms with Crippen LogP contribution in [0, 0.1) is 5.82 Å². The first-order chi connectivity index (χ1) is 14.8. The minimum absolute atomic E-state index is 0.0968. The van der Waals surface area contributed by atoms with Gasteiger partial charge in [-0.1, -0.05) is 18.2 Å². The van der Waals surface area contributed by atoms with Crippen molar-refractivity contribution < 1.29 is 17.6 Å². The van der Waals surface area contributed by atoms with Gasteiger partial charge in [-0.25, -0.2) is 22.3 Å². The number of anilines is 1. The molecule has 0 aliphatic carbocycles. The number of carbonyl (C=O) groups is 1. The Labute approximate surface area is 178 Å². The summed E-state index contributed by atoms with van der Waals surface area (Å²) in [7, 11) is -2.09. The van der Waals surface area contributed by atoms with Crippen LogP contribution in [0.1, 0.15) is 0 Å². The van der Waals surface area contributed by atoms with Gasteiger partial charge in [0, 0.05) is 44.5 Å². The third-order valence-electron chi connectivity index (χ3n) is 4.95. The summed E-state index contributed by atoms with van der Waals surface area (Å²) >= 11 is 0. The lowest BCUT2D eigenvalue weighted by Crippen LogP contribution is -2.51. The van der Waals surface area contributed by atoms with Gasteiger partial charge in [-0.05, 0) is 40.8 Å². The second-order valence-electron chi connectivity index (χ2n) is 6.99. The van der Waals surface area contributed by atoms with Crippen LogP contribution in [0.2, 0.25) is 0 Å². The number of hydrogen-bond acceptors (Lipinski definition) is 6. The number of nitrogens with one attached hydrogen (secondary N) is 1. The minimum atomic E-state index is -3.81. The van der Waals surface area contributed by atoms with Crippen molar-refractivity contribution in [1.29, 1.82) is 0 Å². The van der Waals surface area contributed by atoms with Gasteiger partial charge in [-0.3, -0.25) is 0 Å². The molecule has 0 saturated carbocycles. The summed E-state index contributed by atoms with van der Waals surface area (Å²) in [6.45, 7) is 0.675. The van der Waals surface area contributed by atoms with Crippen LogP contribution in [-0.4, -0.2) is 70.0 Å². The lowest BCUT2D eigenvalue weighted by atomic mass is 10.2. The van der Waals surface area contributed by atoms with Gasteiger partial charge < -0.3 is 10.2 Å². The van der Waals surface area contributed by atoms with Crippen LogP contribution in [-0.2, 0) is 17.1 Å². The fraction of sp³-hybridized carbons (Fsp3) is 0.263. The second kappa shape index (κ2) is 8.40. The third-order valence-corrected chi connectivity index (χ3v) is 6.85. The Morgan fingerprint density at radius 2 is 1.81 bits per heavy atom. The maximum atomic E-state index is 13.4. The van der Waals surface area contributed by atoms with E-state index in [0.29, 0.717) is 11.5 Å². The van der Waals surface area contributed by atoms with Crippen molar-refractivity contribution in [3.8, 4) is 11.4 Å². The molecule has 3 aromatic rings. The van der Waals surface area contributed by atoms with Gasteiger partial charge in [0.25, 0.3) is 0 Å². The van der Waals surface area contributed by atoms with Crippen molar-refractivity contribution in [2.75, 3.05) is 31.5 Å². The van der Waals surface area contributed by atoms with Crippen LogP contribution in [0.3, 0.4) is 0 Å². The Balaban J connectivity index is 1.39. The lowest BCUT2D eigenvalue weighted by Gasteiger charge is -2.34. The molecule has 0 unspecified atom stereocenters. The average Bonchev–Trinajstić information content (AvgIpc) is 3.20. The molecule has 31 heavy (non-hydrogen) atoms. The van der Waals surface area contributed by atoms with E-state index < -0.39 is 15.8 Å². The highest BCUT2D eigenvalue weighted by Crippen LogP contribution is 2.21. The molecule has 0 radical (unpaired) electrons. The molecule has 1 fully saturated rings. The molecule has 0 atom stereocenters. The van der Waals surface area contributed by atoms with Gasteiger partial charge >= 0.3 is 6.03 Å². The normalized spacial score (nSPS) is 15.1. The summed E-state index contributed by atoms with van der Waals surface area (Å²) in [6, 6.07) is 11.7. The maximum Gasteiger partial charge on any atom is 0.321 e. The molecular weight excluding hydrogens is 425 g/mol. The van der Waals surface area contributed by atoms with Crippen LogP contribution >= 0.6 is 0 Å². The summed E-state index contributed by atoms with van der Waals surface area (Å²) in [5.41, 5.74) is 1.32. The van der Waals surface area contributed by atoms with E-state index in [1.807, 2.05) is 6.07 Å². The molecule has 1 aromatic heterocycles. The van der Waals surface area contributed by atoms with E-state index in [4.69, 9.17) is 0 Å². The van der Waals surface area contributed by atoms with Gasteiger partial charge in [0.05, 0.1) is 4.90 Å². The zero-order valence-corrected chi connectivity index (χ0v) is 17.5. The first-order valence-electron chi connectivity index (χ1n) is 9.49. The molecule has 1 N–H and O–H groups in total. The molecule has 2 aromatic carbocycles. The summed E-state index contributed by atoms with van der Waals surface area (Å²) in [6.07, 6.45) is 0. The molecule has 2 amide bonds. The van der Waals surface area contributed by atoms with E-state index in [-0.39, 0.29) is 37.1 Å². The number of piperazine rings is 1. The lowest BCUT2D eigenvalue weighted by molar-refractivity contribution is 0.184. The standard InChI is InChI=1S/C19H20FN7O3S/c1-25-18(22-23-24-25)14-4-2-6-16(12-14)21-19(28)26-8-10-27(11-9-26)31(29,30)17-7-3-5-15(20)13-17/h2-7,12-13H,8-11H2,1H3,(H,21,28). The zero-order chi connectivity index (χ0) is 22.0. The van der Waals surface area contributed by atoms with Crippen LogP contribution in [0.15, 0.2) is 53.4 Å². The topological polar surface area (TPSA) is 113 Å². The van der Waals surface area contributed by atoms with Gasteiger partial charge in [0.1, 0.15) is 5.82 Å². The summed E-state index contributed by atoms with van der Waals surface area (Å²) in [5, 5.41) is 14.2. The summed E-state index contributed by atoms with van der Waals surface area (Å²) in [5.74, 6) is -0.0503. The number of aromatic nitrogens is 4. The number of amides is 2. The predicted octanol–water partition coefficient (Wildman–Crippen LogP) is 1.55. The molecule has 0 bridgehead atoms. The zero-order valence-electron chi connectivity index (χ0n) is 16.6. The monoisotopic (exact) mass is 445 g/mol. The number of benzene rings is 2. The van der Waals surface area contributed by atoms with Crippen LogP contribution < -0.4 is 5.32 Å². The fourth-order valence-electron chi connectivity index (χ4n) is 3.32. The Hall–Kier alpha value is -3.38. The number of nitrogens with zero attached hydrogens (tertiary/aromatic N) is 6. The fourth-order valence-corrected chi connectivity index (χ4v) is 4.77. The van der Waals surface area contributed by atoms with Crippen LogP contribution in [0.4, 0.5) is 14.9 Å². The highest BCUT2D eigenvalue weighted by molar-refractivity contribution is 7.89. The Kier molecular flexibility index (Phi) is 5.65. The van der Waals surface area contributed by atoms with Gasteiger partial charge in [0.15, 0.2) is 5.82 Å². The van der Waals surface area contributed by atoms with E-state index in [2.05, 4.69) is 20.8 Å². The number of carbonyl (C=O) groups excluding carboxylic acids is 1. The molecule has 2 heterocycles. The average molecular weight is 445 g/mol. The van der Waals surface area contributed by atoms with Crippen molar-refractivity contribution in [1.82, 2.24) is 29.4 Å². The highest BCUT2D eigenvalue weighted by Gasteiger charge is 2.30. The van der Waals surface area contributed by atoms with Gasteiger partial charge in [0.2, 0.25) is 10.0 Å². The molecular formula is C19H20FN7O3S. The molecule has 10 nitrogen and oxygen atoms in total. The quantitative estimate of drug-likeness (QED) is 0.652. The SMILES string of the molecule is Cn1nnnc1-c1cccc(NC(=O)N2CCN(S(=O)(=O)c3cccc(F)c3)CC2)c1. The van der Waals surface area contributed by atoms with Crippen molar-refractivity contribution >= 4 is 21.7 Å². The molecule has 12 heteroatoms. The van der Waals surface area contributed by atoms with Gasteiger partial charge in [-0.15, -0.1) is 5.10 Å². The first-order valence-corrected chi connectivity index (χ1v) is 10.9. The smallest absolute Gasteiger partial charge is 0.321 e. The number of aryl methyl sites for hydroxylation is 1. The van der Waals surface area contributed by atoms with E-state index in [1.165, 1.54) is 32.1 Å². The molecule has 0 spiro atoms. The number of hydrogen-bond donors (Lipinski definition) is 1. The maximum absolute atomic E-state index is 13.4. The van der Waals surface area contributed by atoms with Gasteiger partial charge in [-0.2, -0.15) is 4.31 Å². The highest BCUT2D eigenvalue weighted by atomic mass is 32.2. The second-order valence-corrected chi connectivity index (χ2v) is 8.92. The van der Waals surface area contributed by atoms with E-state index in [1.54, 1.807) is 25.2 Å². The van der Waals surface area contributed by atoms with E-state index in [0.717, 1.165) is 11.6 Å². The number of halogens is 1. The molecule has 4 rings (SSSR count). The largest absolute Gasteiger partial charge is 0.322 e. The van der Waals surface area contributed by atoms with Crippen LogP contribution in [0.25, 0.3) is 11.4 Å². The Bertz CT molecular complexity index is 1210.